The van der Waals surface area contributed by atoms with Crippen molar-refractivity contribution in [3.63, 3.8) is 0 Å². The van der Waals surface area contributed by atoms with E-state index in [1.807, 2.05) is 0 Å². The predicted octanol–water partition coefficient (Wildman–Crippen LogP) is 5.56. The minimum absolute atomic E-state index is 0. The molecule has 29 heavy (non-hydrogen) atoms. The van der Waals surface area contributed by atoms with Gasteiger partial charge in [-0.15, -0.1) is 0 Å². The van der Waals surface area contributed by atoms with E-state index >= 15 is 0 Å². The first kappa shape index (κ1) is 23.7. The summed E-state index contributed by atoms with van der Waals surface area (Å²) in [6.45, 7) is 12.7. The molecule has 0 aliphatic heterocycles. The Morgan fingerprint density at radius 3 is 2.48 bits per heavy atom. The van der Waals surface area contributed by atoms with E-state index in [4.69, 9.17) is 9.47 Å². The first-order valence-electron chi connectivity index (χ1n) is 11.0. The van der Waals surface area contributed by atoms with Crippen molar-refractivity contribution in [2.45, 2.75) is 66.2 Å². The fourth-order valence-electron chi connectivity index (χ4n) is 4.04. The average Bonchev–Trinajstić information content (AvgIpc) is 2.66. The van der Waals surface area contributed by atoms with Gasteiger partial charge in [-0.3, -0.25) is 4.79 Å². The highest BCUT2D eigenvalue weighted by Gasteiger charge is 2.32. The zero-order valence-electron chi connectivity index (χ0n) is 18.7. The lowest BCUT2D eigenvalue weighted by Gasteiger charge is -2.36. The highest BCUT2D eigenvalue weighted by atomic mass is 19.1. The second-order valence-electron chi connectivity index (χ2n) is 9.50. The van der Waals surface area contributed by atoms with Crippen LogP contribution < -0.4 is 10.1 Å². The maximum absolute atomic E-state index is 13.4. The summed E-state index contributed by atoms with van der Waals surface area (Å²) < 4.78 is 24.7. The Morgan fingerprint density at radius 1 is 1.17 bits per heavy atom. The van der Waals surface area contributed by atoms with Gasteiger partial charge in [-0.1, -0.05) is 40.7 Å². The Hall–Kier alpha value is -1.62. The molecule has 2 rings (SSSR count). The minimum Gasteiger partial charge on any atom is -0.491 e. The van der Waals surface area contributed by atoms with E-state index in [-0.39, 0.29) is 25.0 Å². The zero-order chi connectivity index (χ0) is 21.4. The van der Waals surface area contributed by atoms with E-state index in [2.05, 4.69) is 39.9 Å². The molecule has 4 nitrogen and oxygen atoms in total. The molecule has 166 valence electrons. The SMILES string of the molecule is CC(C)c1ccc(F)cc1OCCOCCNC(=O)C1CCC(C(C)(C)C)CC1.[HH]. The average molecular weight is 410 g/mol. The summed E-state index contributed by atoms with van der Waals surface area (Å²) in [4.78, 5) is 12.3. The third-order valence-corrected chi connectivity index (χ3v) is 5.95. The summed E-state index contributed by atoms with van der Waals surface area (Å²) in [5.74, 6) is 1.54. The van der Waals surface area contributed by atoms with Crippen LogP contribution in [-0.2, 0) is 9.53 Å². The van der Waals surface area contributed by atoms with Crippen molar-refractivity contribution in [2.24, 2.45) is 17.3 Å². The standard InChI is InChI=1S/C24H38FNO3.H2/c1-17(2)21-11-10-20(25)16-22(21)29-15-14-28-13-12-26-23(27)18-6-8-19(9-7-18)24(3,4)5;/h10-11,16-19H,6-9,12-15H2,1-5H3,(H,26,27);1H. The van der Waals surface area contributed by atoms with Gasteiger partial charge in [0.05, 0.1) is 13.2 Å². The van der Waals surface area contributed by atoms with Gasteiger partial charge in [-0.2, -0.15) is 0 Å². The number of rotatable bonds is 9. The molecule has 1 saturated carbocycles. The summed E-state index contributed by atoms with van der Waals surface area (Å²) in [5, 5.41) is 2.99. The first-order chi connectivity index (χ1) is 13.7. The van der Waals surface area contributed by atoms with Gasteiger partial charge in [-0.05, 0) is 54.6 Å². The van der Waals surface area contributed by atoms with Gasteiger partial charge in [0.1, 0.15) is 18.2 Å². The van der Waals surface area contributed by atoms with Crippen molar-refractivity contribution in [2.75, 3.05) is 26.4 Å². The van der Waals surface area contributed by atoms with E-state index < -0.39 is 0 Å². The van der Waals surface area contributed by atoms with E-state index in [1.165, 1.54) is 12.1 Å². The lowest BCUT2D eigenvalue weighted by Crippen LogP contribution is -2.36. The van der Waals surface area contributed by atoms with E-state index in [9.17, 15) is 9.18 Å². The zero-order valence-corrected chi connectivity index (χ0v) is 18.7. The second-order valence-corrected chi connectivity index (χ2v) is 9.50. The Kier molecular flexibility index (Phi) is 8.94. The molecule has 0 spiro atoms. The summed E-state index contributed by atoms with van der Waals surface area (Å²) in [6, 6.07) is 4.64. The van der Waals surface area contributed by atoms with Crippen LogP contribution >= 0.6 is 0 Å². The van der Waals surface area contributed by atoms with Crippen molar-refractivity contribution < 1.29 is 20.1 Å². The van der Waals surface area contributed by atoms with Crippen LogP contribution in [0.2, 0.25) is 0 Å². The predicted molar refractivity (Wildman–Crippen MR) is 117 cm³/mol. The van der Waals surface area contributed by atoms with Gasteiger partial charge >= 0.3 is 0 Å². The molecule has 0 aromatic heterocycles. The summed E-state index contributed by atoms with van der Waals surface area (Å²) in [6.07, 6.45) is 4.23. The Bertz CT molecular complexity index is 652. The molecule has 0 heterocycles. The van der Waals surface area contributed by atoms with Gasteiger partial charge in [0.25, 0.3) is 0 Å². The van der Waals surface area contributed by atoms with E-state index in [0.29, 0.717) is 43.4 Å². The number of carbonyl (C=O) groups is 1. The van der Waals surface area contributed by atoms with Crippen LogP contribution in [-0.4, -0.2) is 32.3 Å². The van der Waals surface area contributed by atoms with Crippen LogP contribution in [0.15, 0.2) is 18.2 Å². The topological polar surface area (TPSA) is 47.6 Å². The third kappa shape index (κ3) is 7.61. The smallest absolute Gasteiger partial charge is 0.223 e. The summed E-state index contributed by atoms with van der Waals surface area (Å²) >= 11 is 0. The molecule has 0 bridgehead atoms. The molecule has 1 fully saturated rings. The summed E-state index contributed by atoms with van der Waals surface area (Å²) in [5.41, 5.74) is 1.32. The molecule has 1 aromatic rings. The number of hydrogen-bond acceptors (Lipinski definition) is 3. The molecule has 1 aromatic carbocycles. The highest BCUT2D eigenvalue weighted by molar-refractivity contribution is 5.78. The number of amides is 1. The van der Waals surface area contributed by atoms with Crippen molar-refractivity contribution in [1.29, 1.82) is 0 Å². The number of nitrogens with one attached hydrogen (secondary N) is 1. The monoisotopic (exact) mass is 409 g/mol. The molecule has 0 unspecified atom stereocenters. The molecule has 0 radical (unpaired) electrons. The van der Waals surface area contributed by atoms with Crippen LogP contribution in [0.4, 0.5) is 4.39 Å². The number of carbonyl (C=O) groups excluding carboxylic acids is 1. The van der Waals surface area contributed by atoms with Crippen molar-refractivity contribution in [3.05, 3.63) is 29.6 Å². The molecule has 1 aliphatic carbocycles. The van der Waals surface area contributed by atoms with Gasteiger partial charge < -0.3 is 14.8 Å². The number of halogens is 1. The quantitative estimate of drug-likeness (QED) is 0.543. The van der Waals surface area contributed by atoms with Gasteiger partial charge in [0.15, 0.2) is 0 Å². The molecule has 1 aliphatic rings. The van der Waals surface area contributed by atoms with Gasteiger partial charge in [0, 0.05) is 20.0 Å². The molecule has 1 N–H and O–H groups in total. The maximum atomic E-state index is 13.4. The fourth-order valence-corrected chi connectivity index (χ4v) is 4.04. The van der Waals surface area contributed by atoms with Crippen LogP contribution in [0.5, 0.6) is 5.75 Å². The minimum atomic E-state index is -0.301. The third-order valence-electron chi connectivity index (χ3n) is 5.95. The number of hydrogen-bond donors (Lipinski definition) is 1. The molecule has 1 amide bonds. The second kappa shape index (κ2) is 11.0. The van der Waals surface area contributed by atoms with E-state index in [0.717, 1.165) is 31.2 Å². The lowest BCUT2D eigenvalue weighted by atomic mass is 9.70. The molecule has 0 saturated heterocycles. The van der Waals surface area contributed by atoms with Crippen molar-refractivity contribution >= 4 is 5.91 Å². The molecule has 5 heteroatoms. The Balaban J connectivity index is 0.00000450. The molecular weight excluding hydrogens is 369 g/mol. The molecule has 0 atom stereocenters. The summed E-state index contributed by atoms with van der Waals surface area (Å²) in [7, 11) is 0. The van der Waals surface area contributed by atoms with Crippen molar-refractivity contribution in [3.8, 4) is 5.75 Å². The Morgan fingerprint density at radius 2 is 1.86 bits per heavy atom. The highest BCUT2D eigenvalue weighted by Crippen LogP contribution is 2.39. The fraction of sp³-hybridized carbons (Fsp3) is 0.708. The largest absolute Gasteiger partial charge is 0.491 e. The van der Waals surface area contributed by atoms with Crippen LogP contribution in [0.25, 0.3) is 0 Å². The maximum Gasteiger partial charge on any atom is 0.223 e. The first-order valence-corrected chi connectivity index (χ1v) is 11.0. The van der Waals surface area contributed by atoms with Crippen molar-refractivity contribution in [1.82, 2.24) is 5.32 Å². The van der Waals surface area contributed by atoms with Crippen LogP contribution in [0.3, 0.4) is 0 Å². The molecular formula is C24H40FNO3. The van der Waals surface area contributed by atoms with Gasteiger partial charge in [-0.25, -0.2) is 4.39 Å². The normalized spacial score (nSPS) is 20.0. The van der Waals surface area contributed by atoms with E-state index in [1.54, 1.807) is 6.07 Å². The van der Waals surface area contributed by atoms with Gasteiger partial charge in [0.2, 0.25) is 5.91 Å². The lowest BCUT2D eigenvalue weighted by molar-refractivity contribution is -0.126. The number of ether oxygens (including phenoxy) is 2. The Labute approximate surface area is 177 Å². The number of benzene rings is 1. The van der Waals surface area contributed by atoms with Crippen LogP contribution in [0, 0.1) is 23.1 Å². The van der Waals surface area contributed by atoms with Crippen LogP contribution in [0.1, 0.15) is 73.2 Å².